The Kier molecular flexibility index (Phi) is 4.44. The van der Waals surface area contributed by atoms with Crippen molar-refractivity contribution in [3.63, 3.8) is 0 Å². The summed E-state index contributed by atoms with van der Waals surface area (Å²) in [4.78, 5) is 25.5. The van der Waals surface area contributed by atoms with Gasteiger partial charge in [-0.05, 0) is 24.3 Å². The van der Waals surface area contributed by atoms with E-state index in [-0.39, 0.29) is 22.5 Å². The van der Waals surface area contributed by atoms with E-state index >= 15 is 0 Å². The summed E-state index contributed by atoms with van der Waals surface area (Å²) >= 11 is 7.53. The van der Waals surface area contributed by atoms with Crippen molar-refractivity contribution in [2.24, 2.45) is 0 Å². The molecule has 1 saturated heterocycles. The first-order valence-corrected chi connectivity index (χ1v) is 8.28. The van der Waals surface area contributed by atoms with Gasteiger partial charge in [0.05, 0.1) is 11.9 Å². The SMILES string of the molecule is O=C(NC1CCN(c2cn[nH]c(=O)c2Cl)CC1)c1ccsc1. The lowest BCUT2D eigenvalue weighted by Gasteiger charge is -2.33. The van der Waals surface area contributed by atoms with E-state index in [1.54, 1.807) is 6.20 Å². The average Bonchev–Trinajstić information content (AvgIpc) is 3.05. The molecule has 1 amide bonds. The highest BCUT2D eigenvalue weighted by Gasteiger charge is 2.23. The van der Waals surface area contributed by atoms with Gasteiger partial charge in [-0.2, -0.15) is 16.4 Å². The highest BCUT2D eigenvalue weighted by molar-refractivity contribution is 7.08. The zero-order valence-corrected chi connectivity index (χ0v) is 13.3. The number of thiophene rings is 1. The van der Waals surface area contributed by atoms with E-state index in [9.17, 15) is 9.59 Å². The topological polar surface area (TPSA) is 78.1 Å². The van der Waals surface area contributed by atoms with Crippen LogP contribution in [0.25, 0.3) is 0 Å². The molecular weight excluding hydrogens is 324 g/mol. The zero-order valence-electron chi connectivity index (χ0n) is 11.7. The molecule has 0 atom stereocenters. The summed E-state index contributed by atoms with van der Waals surface area (Å²) in [6.45, 7) is 1.44. The van der Waals surface area contributed by atoms with Gasteiger partial charge in [-0.15, -0.1) is 0 Å². The summed E-state index contributed by atoms with van der Waals surface area (Å²) in [6.07, 6.45) is 3.17. The Morgan fingerprint density at radius 3 is 2.91 bits per heavy atom. The number of hydrogen-bond acceptors (Lipinski definition) is 5. The van der Waals surface area contributed by atoms with Gasteiger partial charge in [-0.25, -0.2) is 5.10 Å². The minimum absolute atomic E-state index is 0.0319. The number of halogens is 1. The van der Waals surface area contributed by atoms with Crippen molar-refractivity contribution in [1.29, 1.82) is 0 Å². The Labute approximate surface area is 136 Å². The summed E-state index contributed by atoms with van der Waals surface area (Å²) in [5.41, 5.74) is 0.967. The number of amides is 1. The van der Waals surface area contributed by atoms with Crippen molar-refractivity contribution in [3.05, 3.63) is 44.0 Å². The fourth-order valence-corrected chi connectivity index (χ4v) is 3.37. The van der Waals surface area contributed by atoms with Gasteiger partial charge in [0.2, 0.25) is 0 Å². The van der Waals surface area contributed by atoms with Crippen LogP contribution in [-0.2, 0) is 0 Å². The number of anilines is 1. The molecule has 1 aliphatic rings. The molecule has 8 heteroatoms. The Bertz CT molecular complexity index is 708. The molecule has 2 aromatic heterocycles. The van der Waals surface area contributed by atoms with Crippen LogP contribution < -0.4 is 15.8 Å². The molecule has 0 aromatic carbocycles. The number of aromatic nitrogens is 2. The maximum Gasteiger partial charge on any atom is 0.285 e. The number of carbonyl (C=O) groups is 1. The predicted octanol–water partition coefficient (Wildman–Crippen LogP) is 1.88. The minimum Gasteiger partial charge on any atom is -0.369 e. The van der Waals surface area contributed by atoms with Crippen LogP contribution in [0.1, 0.15) is 23.2 Å². The van der Waals surface area contributed by atoms with Crippen molar-refractivity contribution in [2.45, 2.75) is 18.9 Å². The average molecular weight is 339 g/mol. The van der Waals surface area contributed by atoms with Crippen LogP contribution in [0.15, 0.2) is 27.8 Å². The van der Waals surface area contributed by atoms with Crippen molar-refractivity contribution >= 4 is 34.5 Å². The van der Waals surface area contributed by atoms with Crippen molar-refractivity contribution in [2.75, 3.05) is 18.0 Å². The molecule has 0 spiro atoms. The van der Waals surface area contributed by atoms with Crippen LogP contribution in [-0.4, -0.2) is 35.2 Å². The van der Waals surface area contributed by atoms with Gasteiger partial charge in [0, 0.05) is 30.1 Å². The number of aromatic amines is 1. The van der Waals surface area contributed by atoms with Gasteiger partial charge >= 0.3 is 0 Å². The molecule has 0 unspecified atom stereocenters. The molecule has 2 N–H and O–H groups in total. The van der Waals surface area contributed by atoms with Gasteiger partial charge in [0.1, 0.15) is 5.02 Å². The monoisotopic (exact) mass is 338 g/mol. The first kappa shape index (κ1) is 15.1. The molecule has 116 valence electrons. The number of hydrogen-bond donors (Lipinski definition) is 2. The number of carbonyl (C=O) groups excluding carboxylic acids is 1. The molecule has 2 aromatic rings. The molecule has 6 nitrogen and oxygen atoms in total. The van der Waals surface area contributed by atoms with Gasteiger partial charge < -0.3 is 10.2 Å². The molecule has 3 rings (SSSR count). The number of H-pyrrole nitrogens is 1. The van der Waals surface area contributed by atoms with Crippen LogP contribution in [0.4, 0.5) is 5.69 Å². The molecule has 22 heavy (non-hydrogen) atoms. The number of rotatable bonds is 3. The lowest BCUT2D eigenvalue weighted by atomic mass is 10.0. The molecule has 0 radical (unpaired) electrons. The highest BCUT2D eigenvalue weighted by atomic mass is 35.5. The van der Waals surface area contributed by atoms with E-state index in [2.05, 4.69) is 15.5 Å². The Morgan fingerprint density at radius 2 is 2.23 bits per heavy atom. The maximum absolute atomic E-state index is 12.0. The fourth-order valence-electron chi connectivity index (χ4n) is 2.52. The maximum atomic E-state index is 12.0. The van der Waals surface area contributed by atoms with E-state index in [1.165, 1.54) is 11.3 Å². The number of nitrogens with zero attached hydrogens (tertiary/aromatic N) is 2. The third-order valence-electron chi connectivity index (χ3n) is 3.73. The van der Waals surface area contributed by atoms with E-state index in [1.807, 2.05) is 21.7 Å². The van der Waals surface area contributed by atoms with E-state index < -0.39 is 0 Å². The van der Waals surface area contributed by atoms with Gasteiger partial charge in [-0.3, -0.25) is 9.59 Å². The van der Waals surface area contributed by atoms with E-state index in [0.29, 0.717) is 11.3 Å². The predicted molar refractivity (Wildman–Crippen MR) is 86.9 cm³/mol. The van der Waals surface area contributed by atoms with Crippen LogP contribution >= 0.6 is 22.9 Å². The standard InChI is InChI=1S/C14H15ClN4O2S/c15-12-11(7-16-18-14(12)21)19-4-1-10(2-5-19)17-13(20)9-3-6-22-8-9/h3,6-8,10H,1-2,4-5H2,(H,17,20)(H,18,21). The lowest BCUT2D eigenvalue weighted by molar-refractivity contribution is 0.0931. The van der Waals surface area contributed by atoms with E-state index in [4.69, 9.17) is 11.6 Å². The fraction of sp³-hybridized carbons (Fsp3) is 0.357. The van der Waals surface area contributed by atoms with Crippen LogP contribution in [0.2, 0.25) is 5.02 Å². The van der Waals surface area contributed by atoms with Gasteiger partial charge in [0.25, 0.3) is 11.5 Å². The molecule has 0 aliphatic carbocycles. The van der Waals surface area contributed by atoms with Crippen LogP contribution in [0, 0.1) is 0 Å². The largest absolute Gasteiger partial charge is 0.369 e. The first-order valence-electron chi connectivity index (χ1n) is 6.96. The summed E-state index contributed by atoms with van der Waals surface area (Å²) in [5, 5.41) is 13.0. The quantitative estimate of drug-likeness (QED) is 0.895. The minimum atomic E-state index is -0.382. The summed E-state index contributed by atoms with van der Waals surface area (Å²) < 4.78 is 0. The second kappa shape index (κ2) is 6.50. The normalized spacial score (nSPS) is 15.8. The van der Waals surface area contributed by atoms with E-state index in [0.717, 1.165) is 25.9 Å². The molecule has 1 aliphatic heterocycles. The molecule has 1 fully saturated rings. The Hall–Kier alpha value is -1.86. The number of nitrogens with one attached hydrogen (secondary N) is 2. The third kappa shape index (κ3) is 3.15. The highest BCUT2D eigenvalue weighted by Crippen LogP contribution is 2.24. The van der Waals surface area contributed by atoms with Crippen molar-refractivity contribution in [3.8, 4) is 0 Å². The summed E-state index contributed by atoms with van der Waals surface area (Å²) in [6, 6.07) is 1.95. The van der Waals surface area contributed by atoms with Crippen LogP contribution in [0.3, 0.4) is 0 Å². The summed E-state index contributed by atoms with van der Waals surface area (Å²) in [5.74, 6) is -0.0319. The first-order chi connectivity index (χ1) is 10.6. The molecule has 0 saturated carbocycles. The Balaban J connectivity index is 1.60. The second-order valence-corrected chi connectivity index (χ2v) is 6.30. The van der Waals surface area contributed by atoms with Gasteiger partial charge in [0.15, 0.2) is 0 Å². The lowest BCUT2D eigenvalue weighted by Crippen LogP contribution is -2.45. The van der Waals surface area contributed by atoms with Crippen molar-refractivity contribution in [1.82, 2.24) is 15.5 Å². The van der Waals surface area contributed by atoms with Crippen LogP contribution in [0.5, 0.6) is 0 Å². The smallest absolute Gasteiger partial charge is 0.285 e. The second-order valence-electron chi connectivity index (χ2n) is 5.15. The van der Waals surface area contributed by atoms with Gasteiger partial charge in [-0.1, -0.05) is 11.6 Å². The molecule has 0 bridgehead atoms. The Morgan fingerprint density at radius 1 is 1.45 bits per heavy atom. The third-order valence-corrected chi connectivity index (χ3v) is 4.78. The molecular formula is C14H15ClN4O2S. The number of piperidine rings is 1. The molecule has 3 heterocycles. The van der Waals surface area contributed by atoms with Crippen molar-refractivity contribution < 1.29 is 4.79 Å². The summed E-state index contributed by atoms with van der Waals surface area (Å²) in [7, 11) is 0. The zero-order chi connectivity index (χ0) is 15.5.